The van der Waals surface area contributed by atoms with Crippen LogP contribution in [0.3, 0.4) is 0 Å². The maximum atomic E-state index is 13.0. The number of nitrogens with one attached hydrogen (secondary N) is 1. The van der Waals surface area contributed by atoms with Gasteiger partial charge in [-0.3, -0.25) is 4.79 Å². The highest BCUT2D eigenvalue weighted by Gasteiger charge is 2.33. The lowest BCUT2D eigenvalue weighted by Crippen LogP contribution is -2.10. The largest absolute Gasteiger partial charge is 0.451 e. The van der Waals surface area contributed by atoms with Crippen molar-refractivity contribution in [2.45, 2.75) is 19.5 Å². The molecule has 7 heteroatoms. The van der Waals surface area contributed by atoms with E-state index < -0.39 is 22.7 Å². The van der Waals surface area contributed by atoms with E-state index in [0.717, 1.165) is 24.1 Å². The minimum Gasteiger partial charge on any atom is -0.451 e. The van der Waals surface area contributed by atoms with Crippen molar-refractivity contribution in [3.8, 4) is 11.3 Å². The highest BCUT2D eigenvalue weighted by Crippen LogP contribution is 2.37. The van der Waals surface area contributed by atoms with Gasteiger partial charge < -0.3 is 9.73 Å². The first-order valence-electron chi connectivity index (χ1n) is 8.15. The SMILES string of the molecule is CCc1ccc(NC(=O)c2ccc(-c3ccc(Cl)c(C(F)(F)F)c3)o2)cc1. The zero-order valence-corrected chi connectivity index (χ0v) is 15.0. The molecular weight excluding hydrogens is 379 g/mol. The van der Waals surface area contributed by atoms with Crippen LogP contribution in [0.4, 0.5) is 18.9 Å². The third-order valence-corrected chi connectivity index (χ3v) is 4.34. The predicted molar refractivity (Wildman–Crippen MR) is 97.9 cm³/mol. The van der Waals surface area contributed by atoms with Crippen LogP contribution in [0.2, 0.25) is 5.02 Å². The molecule has 0 saturated heterocycles. The standard InChI is InChI=1S/C20H15ClF3NO2/c1-2-12-3-6-14(7-4-12)25-19(26)18-10-9-17(27-18)13-5-8-16(21)15(11-13)20(22,23)24/h3-11H,2H2,1H3,(H,25,26). The fraction of sp³-hybridized carbons (Fsp3) is 0.150. The van der Waals surface area contributed by atoms with Crippen molar-refractivity contribution in [2.24, 2.45) is 0 Å². The van der Waals surface area contributed by atoms with Crippen LogP contribution in [0.1, 0.15) is 28.6 Å². The van der Waals surface area contributed by atoms with Crippen LogP contribution in [0.25, 0.3) is 11.3 Å². The molecule has 0 aliphatic carbocycles. The Morgan fingerprint density at radius 1 is 1.07 bits per heavy atom. The Balaban J connectivity index is 1.81. The summed E-state index contributed by atoms with van der Waals surface area (Å²) in [5.41, 5.74) is 0.954. The minimum absolute atomic E-state index is 0.00641. The van der Waals surface area contributed by atoms with Crippen LogP contribution < -0.4 is 5.32 Å². The van der Waals surface area contributed by atoms with Gasteiger partial charge in [0.1, 0.15) is 5.76 Å². The molecule has 3 nitrogen and oxygen atoms in total. The Kier molecular flexibility index (Phi) is 5.28. The summed E-state index contributed by atoms with van der Waals surface area (Å²) in [6, 6.07) is 13.6. The van der Waals surface area contributed by atoms with Crippen molar-refractivity contribution < 1.29 is 22.4 Å². The number of rotatable bonds is 4. The van der Waals surface area contributed by atoms with E-state index in [1.807, 2.05) is 19.1 Å². The van der Waals surface area contributed by atoms with Crippen molar-refractivity contribution in [1.82, 2.24) is 0 Å². The number of amides is 1. The molecule has 0 spiro atoms. The van der Waals surface area contributed by atoms with Gasteiger partial charge in [0.2, 0.25) is 0 Å². The fourth-order valence-electron chi connectivity index (χ4n) is 2.53. The number of carbonyl (C=O) groups is 1. The third kappa shape index (κ3) is 4.34. The molecule has 0 bridgehead atoms. The second-order valence-electron chi connectivity index (χ2n) is 5.86. The van der Waals surface area contributed by atoms with Crippen LogP contribution in [-0.2, 0) is 12.6 Å². The molecule has 0 fully saturated rings. The molecule has 0 radical (unpaired) electrons. The quantitative estimate of drug-likeness (QED) is 0.554. The van der Waals surface area contributed by atoms with Gasteiger partial charge in [0, 0.05) is 11.3 Å². The second kappa shape index (κ2) is 7.48. The highest BCUT2D eigenvalue weighted by molar-refractivity contribution is 6.31. The van der Waals surface area contributed by atoms with Gasteiger partial charge in [-0.05, 0) is 54.4 Å². The molecule has 27 heavy (non-hydrogen) atoms. The Bertz CT molecular complexity index is 962. The number of anilines is 1. The van der Waals surface area contributed by atoms with Crippen LogP contribution in [0, 0.1) is 0 Å². The Morgan fingerprint density at radius 3 is 2.41 bits per heavy atom. The van der Waals surface area contributed by atoms with E-state index in [9.17, 15) is 18.0 Å². The lowest BCUT2D eigenvalue weighted by molar-refractivity contribution is -0.137. The van der Waals surface area contributed by atoms with E-state index in [1.54, 1.807) is 12.1 Å². The average Bonchev–Trinajstić information content (AvgIpc) is 3.12. The monoisotopic (exact) mass is 393 g/mol. The van der Waals surface area contributed by atoms with Crippen molar-refractivity contribution in [1.29, 1.82) is 0 Å². The van der Waals surface area contributed by atoms with Crippen molar-refractivity contribution in [2.75, 3.05) is 5.32 Å². The van der Waals surface area contributed by atoms with Gasteiger partial charge in [0.05, 0.1) is 10.6 Å². The van der Waals surface area contributed by atoms with Crippen LogP contribution in [-0.4, -0.2) is 5.91 Å². The number of hydrogen-bond donors (Lipinski definition) is 1. The molecule has 0 aliphatic rings. The fourth-order valence-corrected chi connectivity index (χ4v) is 2.75. The summed E-state index contributed by atoms with van der Waals surface area (Å²) in [6.07, 6.45) is -3.69. The number of hydrogen-bond acceptors (Lipinski definition) is 2. The summed E-state index contributed by atoms with van der Waals surface area (Å²) in [5.74, 6) is -0.354. The van der Waals surface area contributed by atoms with Gasteiger partial charge in [-0.2, -0.15) is 13.2 Å². The molecule has 1 N–H and O–H groups in total. The lowest BCUT2D eigenvalue weighted by Gasteiger charge is -2.10. The predicted octanol–water partition coefficient (Wildman–Crippen LogP) is 6.43. The molecule has 1 aromatic heterocycles. The first kappa shape index (κ1) is 19.0. The maximum absolute atomic E-state index is 13.0. The first-order valence-corrected chi connectivity index (χ1v) is 8.53. The summed E-state index contributed by atoms with van der Waals surface area (Å²) in [7, 11) is 0. The normalized spacial score (nSPS) is 11.4. The molecule has 1 heterocycles. The summed E-state index contributed by atoms with van der Waals surface area (Å²) < 4.78 is 44.4. The second-order valence-corrected chi connectivity index (χ2v) is 6.27. The Hall–Kier alpha value is -2.73. The minimum atomic E-state index is -4.58. The van der Waals surface area contributed by atoms with Gasteiger partial charge in [-0.1, -0.05) is 30.7 Å². The van der Waals surface area contributed by atoms with Crippen molar-refractivity contribution >= 4 is 23.2 Å². The summed E-state index contributed by atoms with van der Waals surface area (Å²) in [5, 5.41) is 2.29. The number of carbonyl (C=O) groups excluding carboxylic acids is 1. The topological polar surface area (TPSA) is 42.2 Å². The molecule has 3 aromatic rings. The van der Waals surface area contributed by atoms with Crippen LogP contribution in [0.15, 0.2) is 59.0 Å². The molecule has 2 aromatic carbocycles. The average molecular weight is 394 g/mol. The van der Waals surface area contributed by atoms with E-state index in [2.05, 4.69) is 5.32 Å². The Labute approximate surface area is 158 Å². The van der Waals surface area contributed by atoms with Gasteiger partial charge in [-0.25, -0.2) is 0 Å². The Morgan fingerprint density at radius 2 is 1.78 bits per heavy atom. The number of benzene rings is 2. The van der Waals surface area contributed by atoms with Gasteiger partial charge >= 0.3 is 6.18 Å². The zero-order valence-electron chi connectivity index (χ0n) is 14.2. The first-order chi connectivity index (χ1) is 12.8. The van der Waals surface area contributed by atoms with Crippen LogP contribution >= 0.6 is 11.6 Å². The summed E-state index contributed by atoms with van der Waals surface area (Å²) >= 11 is 5.62. The number of aryl methyl sites for hydroxylation is 1. The highest BCUT2D eigenvalue weighted by atomic mass is 35.5. The van der Waals surface area contributed by atoms with Crippen LogP contribution in [0.5, 0.6) is 0 Å². The van der Waals surface area contributed by atoms with E-state index in [1.165, 1.54) is 18.2 Å². The third-order valence-electron chi connectivity index (χ3n) is 4.01. The van der Waals surface area contributed by atoms with Crippen molar-refractivity contribution in [3.63, 3.8) is 0 Å². The molecule has 0 unspecified atom stereocenters. The molecule has 0 saturated carbocycles. The van der Waals surface area contributed by atoms with E-state index >= 15 is 0 Å². The molecule has 0 aliphatic heterocycles. The molecular formula is C20H15ClF3NO2. The number of furan rings is 1. The van der Waals surface area contributed by atoms with Gasteiger partial charge in [0.15, 0.2) is 5.76 Å². The molecule has 3 rings (SSSR count). The molecule has 0 atom stereocenters. The number of alkyl halides is 3. The molecule has 1 amide bonds. The van der Waals surface area contributed by atoms with Gasteiger partial charge in [0.25, 0.3) is 5.91 Å². The summed E-state index contributed by atoms with van der Waals surface area (Å²) in [6.45, 7) is 2.03. The van der Waals surface area contributed by atoms with E-state index in [-0.39, 0.29) is 17.1 Å². The van der Waals surface area contributed by atoms with Crippen molar-refractivity contribution in [3.05, 3.63) is 76.5 Å². The van der Waals surface area contributed by atoms with E-state index in [4.69, 9.17) is 16.0 Å². The maximum Gasteiger partial charge on any atom is 0.417 e. The summed E-state index contributed by atoms with van der Waals surface area (Å²) in [4.78, 5) is 12.3. The van der Waals surface area contributed by atoms with E-state index in [0.29, 0.717) is 5.69 Å². The number of halogens is 4. The van der Waals surface area contributed by atoms with Gasteiger partial charge in [-0.15, -0.1) is 0 Å². The zero-order chi connectivity index (χ0) is 19.6. The smallest absolute Gasteiger partial charge is 0.417 e. The lowest BCUT2D eigenvalue weighted by atomic mass is 10.1. The molecule has 140 valence electrons.